The summed E-state index contributed by atoms with van der Waals surface area (Å²) in [6.07, 6.45) is 4.59. The number of aryl methyl sites for hydroxylation is 2. The van der Waals surface area contributed by atoms with Gasteiger partial charge >= 0.3 is 0 Å². The molecule has 0 aromatic carbocycles. The van der Waals surface area contributed by atoms with Crippen LogP contribution in [0.2, 0.25) is 0 Å². The Balaban J connectivity index is 2.26. The molecule has 2 rings (SSSR count). The van der Waals surface area contributed by atoms with Crippen LogP contribution < -0.4 is 5.73 Å². The van der Waals surface area contributed by atoms with Crippen molar-refractivity contribution < 1.29 is 0 Å². The van der Waals surface area contributed by atoms with Crippen molar-refractivity contribution in [2.45, 2.75) is 25.9 Å². The molecule has 0 saturated heterocycles. The second-order valence-electron chi connectivity index (χ2n) is 3.77. The van der Waals surface area contributed by atoms with Crippen molar-refractivity contribution in [3.63, 3.8) is 0 Å². The molecule has 0 amide bonds. The monoisotopic (exact) mass is 220 g/mol. The smallest absolute Gasteiger partial charge is 0.0932 e. The molecule has 2 aromatic heterocycles. The van der Waals surface area contributed by atoms with Crippen molar-refractivity contribution >= 4 is 0 Å². The van der Waals surface area contributed by atoms with Crippen molar-refractivity contribution in [1.82, 2.24) is 24.8 Å². The van der Waals surface area contributed by atoms with Crippen molar-refractivity contribution in [3.8, 4) is 0 Å². The van der Waals surface area contributed by atoms with E-state index in [4.69, 9.17) is 5.73 Å². The number of aromatic nitrogens is 5. The standard InChI is InChI=1S/C10H16N6/c1-3-5-16-9(7-12-14-16)10(11)8-4-6-15(2)13-8/h4,6-7,10H,3,5,11H2,1-2H3. The molecule has 0 spiro atoms. The first-order valence-electron chi connectivity index (χ1n) is 5.36. The van der Waals surface area contributed by atoms with Crippen LogP contribution in [0.5, 0.6) is 0 Å². The van der Waals surface area contributed by atoms with Gasteiger partial charge in [-0.1, -0.05) is 12.1 Å². The van der Waals surface area contributed by atoms with E-state index in [1.165, 1.54) is 0 Å². The molecule has 2 aromatic rings. The highest BCUT2D eigenvalue weighted by Gasteiger charge is 2.16. The molecule has 1 unspecified atom stereocenters. The van der Waals surface area contributed by atoms with Gasteiger partial charge in [0.2, 0.25) is 0 Å². The van der Waals surface area contributed by atoms with Gasteiger partial charge in [-0.15, -0.1) is 5.10 Å². The van der Waals surface area contributed by atoms with E-state index in [9.17, 15) is 0 Å². The topological polar surface area (TPSA) is 74.6 Å². The van der Waals surface area contributed by atoms with E-state index in [1.807, 2.05) is 24.0 Å². The van der Waals surface area contributed by atoms with Gasteiger partial charge in [0.15, 0.2) is 0 Å². The fourth-order valence-electron chi connectivity index (χ4n) is 1.64. The van der Waals surface area contributed by atoms with Gasteiger partial charge in [-0.05, 0) is 12.5 Å². The number of rotatable bonds is 4. The molecule has 0 bridgehead atoms. The minimum absolute atomic E-state index is 0.261. The Hall–Kier alpha value is -1.69. The van der Waals surface area contributed by atoms with Crippen LogP contribution in [0.25, 0.3) is 0 Å². The highest BCUT2D eigenvalue weighted by Crippen LogP contribution is 2.16. The second-order valence-corrected chi connectivity index (χ2v) is 3.77. The zero-order valence-electron chi connectivity index (χ0n) is 9.54. The molecule has 0 aliphatic rings. The molecule has 0 fully saturated rings. The van der Waals surface area contributed by atoms with Gasteiger partial charge in [-0.2, -0.15) is 5.10 Å². The van der Waals surface area contributed by atoms with Crippen LogP contribution >= 0.6 is 0 Å². The van der Waals surface area contributed by atoms with Gasteiger partial charge in [0.05, 0.1) is 23.6 Å². The van der Waals surface area contributed by atoms with Crippen LogP contribution in [0.3, 0.4) is 0 Å². The Morgan fingerprint density at radius 2 is 2.31 bits per heavy atom. The molecule has 2 heterocycles. The average Bonchev–Trinajstić information content (AvgIpc) is 2.87. The van der Waals surface area contributed by atoms with Gasteiger partial charge in [0, 0.05) is 19.8 Å². The first-order valence-corrected chi connectivity index (χ1v) is 5.36. The Kier molecular flexibility index (Phi) is 3.00. The van der Waals surface area contributed by atoms with Crippen LogP contribution in [-0.4, -0.2) is 24.8 Å². The summed E-state index contributed by atoms with van der Waals surface area (Å²) in [7, 11) is 1.87. The van der Waals surface area contributed by atoms with Crippen LogP contribution in [-0.2, 0) is 13.6 Å². The molecular weight excluding hydrogens is 204 g/mol. The molecule has 1 atom stereocenters. The molecule has 0 saturated carbocycles. The summed E-state index contributed by atoms with van der Waals surface area (Å²) in [6.45, 7) is 2.92. The molecular formula is C10H16N6. The first-order chi connectivity index (χ1) is 7.72. The number of nitrogens with zero attached hydrogens (tertiary/aromatic N) is 5. The molecule has 6 heteroatoms. The van der Waals surface area contributed by atoms with E-state index in [1.54, 1.807) is 10.9 Å². The summed E-state index contributed by atoms with van der Waals surface area (Å²) in [4.78, 5) is 0. The summed E-state index contributed by atoms with van der Waals surface area (Å²) in [5, 5.41) is 12.2. The summed E-state index contributed by atoms with van der Waals surface area (Å²) >= 11 is 0. The quantitative estimate of drug-likeness (QED) is 0.812. The van der Waals surface area contributed by atoms with Crippen LogP contribution in [0.15, 0.2) is 18.5 Å². The molecule has 0 radical (unpaired) electrons. The maximum Gasteiger partial charge on any atom is 0.0932 e. The van der Waals surface area contributed by atoms with Crippen LogP contribution in [0, 0.1) is 0 Å². The van der Waals surface area contributed by atoms with E-state index in [2.05, 4.69) is 22.3 Å². The Bertz CT molecular complexity index is 457. The highest BCUT2D eigenvalue weighted by molar-refractivity contribution is 5.17. The fraction of sp³-hybridized carbons (Fsp3) is 0.500. The number of hydrogen-bond acceptors (Lipinski definition) is 4. The van der Waals surface area contributed by atoms with Gasteiger partial charge in [-0.3, -0.25) is 4.68 Å². The van der Waals surface area contributed by atoms with Crippen molar-refractivity contribution in [2.24, 2.45) is 12.8 Å². The Morgan fingerprint density at radius 1 is 1.50 bits per heavy atom. The molecule has 2 N–H and O–H groups in total. The SMILES string of the molecule is CCCn1nncc1C(N)c1ccn(C)n1. The number of nitrogens with two attached hydrogens (primary N) is 1. The molecule has 6 nitrogen and oxygen atoms in total. The summed E-state index contributed by atoms with van der Waals surface area (Å²) in [6, 6.07) is 1.65. The van der Waals surface area contributed by atoms with Gasteiger partial charge in [-0.25, -0.2) is 4.68 Å². The van der Waals surface area contributed by atoms with E-state index >= 15 is 0 Å². The van der Waals surface area contributed by atoms with E-state index < -0.39 is 0 Å². The third kappa shape index (κ3) is 1.96. The summed E-state index contributed by atoms with van der Waals surface area (Å²) in [5.41, 5.74) is 7.87. The Morgan fingerprint density at radius 3 is 2.94 bits per heavy atom. The Labute approximate surface area is 94.1 Å². The second kappa shape index (κ2) is 4.44. The van der Waals surface area contributed by atoms with Gasteiger partial charge in [0.25, 0.3) is 0 Å². The lowest BCUT2D eigenvalue weighted by molar-refractivity contribution is 0.539. The van der Waals surface area contributed by atoms with Crippen molar-refractivity contribution in [1.29, 1.82) is 0 Å². The molecule has 0 aliphatic heterocycles. The molecule has 86 valence electrons. The number of hydrogen-bond donors (Lipinski definition) is 1. The predicted molar refractivity (Wildman–Crippen MR) is 59.6 cm³/mol. The third-order valence-electron chi connectivity index (χ3n) is 2.45. The molecule has 16 heavy (non-hydrogen) atoms. The maximum absolute atomic E-state index is 6.13. The van der Waals surface area contributed by atoms with Crippen molar-refractivity contribution in [3.05, 3.63) is 29.8 Å². The third-order valence-corrected chi connectivity index (χ3v) is 2.45. The van der Waals surface area contributed by atoms with Crippen molar-refractivity contribution in [2.75, 3.05) is 0 Å². The largest absolute Gasteiger partial charge is 0.318 e. The fourth-order valence-corrected chi connectivity index (χ4v) is 1.64. The lowest BCUT2D eigenvalue weighted by Crippen LogP contribution is -2.18. The molecule has 0 aliphatic carbocycles. The lowest BCUT2D eigenvalue weighted by atomic mass is 10.1. The summed E-state index contributed by atoms with van der Waals surface area (Å²) < 4.78 is 3.57. The lowest BCUT2D eigenvalue weighted by Gasteiger charge is -2.10. The van der Waals surface area contributed by atoms with Gasteiger partial charge in [0.1, 0.15) is 0 Å². The van der Waals surface area contributed by atoms with Crippen LogP contribution in [0.4, 0.5) is 0 Å². The van der Waals surface area contributed by atoms with E-state index in [-0.39, 0.29) is 6.04 Å². The predicted octanol–water partition coefficient (Wildman–Crippen LogP) is 0.470. The zero-order valence-corrected chi connectivity index (χ0v) is 9.54. The van der Waals surface area contributed by atoms with Gasteiger partial charge < -0.3 is 5.73 Å². The normalized spacial score (nSPS) is 12.9. The highest BCUT2D eigenvalue weighted by atomic mass is 15.4. The maximum atomic E-state index is 6.13. The summed E-state index contributed by atoms with van der Waals surface area (Å²) in [5.74, 6) is 0. The zero-order chi connectivity index (χ0) is 11.5. The van der Waals surface area contributed by atoms with E-state index in [0.717, 1.165) is 24.4 Å². The van der Waals surface area contributed by atoms with E-state index in [0.29, 0.717) is 0 Å². The minimum atomic E-state index is -0.261. The average molecular weight is 220 g/mol. The van der Waals surface area contributed by atoms with Crippen LogP contribution in [0.1, 0.15) is 30.8 Å². The first kappa shape index (κ1) is 10.8. The minimum Gasteiger partial charge on any atom is -0.318 e.